The topological polar surface area (TPSA) is 56.4 Å². The van der Waals surface area contributed by atoms with Gasteiger partial charge in [-0.05, 0) is 45.8 Å². The second-order valence-corrected chi connectivity index (χ2v) is 5.43. The van der Waals surface area contributed by atoms with Gasteiger partial charge in [0.05, 0.1) is 6.54 Å². The predicted molar refractivity (Wildman–Crippen MR) is 72.6 cm³/mol. The summed E-state index contributed by atoms with van der Waals surface area (Å²) < 4.78 is 0. The van der Waals surface area contributed by atoms with Crippen LogP contribution in [-0.4, -0.2) is 62.7 Å². The standard InChI is InChI=1S/C13H26N4O/c1-14-11-4-8-17(9-5-11)10-13(18)16-12-2-6-15-7-3-12/h11-12,14-15H,2-10H2,1H3,(H,16,18). The molecule has 0 saturated carbocycles. The molecule has 2 saturated heterocycles. The summed E-state index contributed by atoms with van der Waals surface area (Å²) in [5.74, 6) is 0.199. The molecule has 0 aromatic rings. The van der Waals surface area contributed by atoms with Gasteiger partial charge in [0, 0.05) is 25.2 Å². The molecule has 0 aliphatic carbocycles. The molecule has 0 radical (unpaired) electrons. The molecule has 2 aliphatic rings. The number of nitrogens with one attached hydrogen (secondary N) is 3. The first-order chi connectivity index (χ1) is 8.78. The molecule has 104 valence electrons. The van der Waals surface area contributed by atoms with E-state index in [9.17, 15) is 4.79 Å². The van der Waals surface area contributed by atoms with Crippen molar-refractivity contribution in [2.24, 2.45) is 0 Å². The number of piperidine rings is 2. The summed E-state index contributed by atoms with van der Waals surface area (Å²) in [7, 11) is 2.02. The minimum Gasteiger partial charge on any atom is -0.352 e. The summed E-state index contributed by atoms with van der Waals surface area (Å²) in [4.78, 5) is 14.2. The first-order valence-electron chi connectivity index (χ1n) is 7.17. The molecular weight excluding hydrogens is 228 g/mol. The maximum atomic E-state index is 11.9. The highest BCUT2D eigenvalue weighted by atomic mass is 16.2. The van der Waals surface area contributed by atoms with Crippen molar-refractivity contribution < 1.29 is 4.79 Å². The zero-order valence-corrected chi connectivity index (χ0v) is 11.4. The van der Waals surface area contributed by atoms with E-state index in [4.69, 9.17) is 0 Å². The lowest BCUT2D eigenvalue weighted by molar-refractivity contribution is -0.123. The average molecular weight is 254 g/mol. The molecule has 5 heteroatoms. The van der Waals surface area contributed by atoms with Crippen molar-refractivity contribution in [3.05, 3.63) is 0 Å². The van der Waals surface area contributed by atoms with Crippen LogP contribution in [0.4, 0.5) is 0 Å². The van der Waals surface area contributed by atoms with Gasteiger partial charge in [0.15, 0.2) is 0 Å². The van der Waals surface area contributed by atoms with Crippen LogP contribution in [0.3, 0.4) is 0 Å². The molecule has 2 rings (SSSR count). The van der Waals surface area contributed by atoms with E-state index in [1.807, 2.05) is 7.05 Å². The van der Waals surface area contributed by atoms with Crippen LogP contribution in [-0.2, 0) is 4.79 Å². The summed E-state index contributed by atoms with van der Waals surface area (Å²) in [6, 6.07) is 1.02. The van der Waals surface area contributed by atoms with E-state index >= 15 is 0 Å². The van der Waals surface area contributed by atoms with Gasteiger partial charge in [0.1, 0.15) is 0 Å². The summed E-state index contributed by atoms with van der Waals surface area (Å²) in [5.41, 5.74) is 0. The van der Waals surface area contributed by atoms with E-state index in [1.165, 1.54) is 0 Å². The Morgan fingerprint density at radius 1 is 1.17 bits per heavy atom. The molecule has 2 heterocycles. The molecule has 0 bridgehead atoms. The van der Waals surface area contributed by atoms with Crippen LogP contribution in [0.5, 0.6) is 0 Å². The van der Waals surface area contributed by atoms with Gasteiger partial charge < -0.3 is 16.0 Å². The maximum absolute atomic E-state index is 11.9. The van der Waals surface area contributed by atoms with Crippen LogP contribution in [0.1, 0.15) is 25.7 Å². The molecule has 0 unspecified atom stereocenters. The van der Waals surface area contributed by atoms with Crippen LogP contribution in [0.15, 0.2) is 0 Å². The van der Waals surface area contributed by atoms with Gasteiger partial charge in [0.25, 0.3) is 0 Å². The molecular formula is C13H26N4O. The Morgan fingerprint density at radius 3 is 2.44 bits per heavy atom. The number of carbonyl (C=O) groups excluding carboxylic acids is 1. The van der Waals surface area contributed by atoms with Crippen LogP contribution < -0.4 is 16.0 Å². The normalized spacial score (nSPS) is 24.1. The molecule has 0 atom stereocenters. The highest BCUT2D eigenvalue weighted by molar-refractivity contribution is 5.78. The number of amides is 1. The number of hydrogen-bond donors (Lipinski definition) is 3. The fraction of sp³-hybridized carbons (Fsp3) is 0.923. The quantitative estimate of drug-likeness (QED) is 0.635. The van der Waals surface area contributed by atoms with E-state index in [-0.39, 0.29) is 5.91 Å². The third-order valence-electron chi connectivity index (χ3n) is 4.07. The Balaban J connectivity index is 1.65. The van der Waals surface area contributed by atoms with Crippen molar-refractivity contribution in [1.29, 1.82) is 0 Å². The lowest BCUT2D eigenvalue weighted by atomic mass is 10.1. The number of likely N-dealkylation sites (tertiary alicyclic amines) is 1. The van der Waals surface area contributed by atoms with Gasteiger partial charge in [-0.15, -0.1) is 0 Å². The molecule has 2 aliphatic heterocycles. The second kappa shape index (κ2) is 7.07. The van der Waals surface area contributed by atoms with Crippen LogP contribution in [0.25, 0.3) is 0 Å². The van der Waals surface area contributed by atoms with E-state index in [2.05, 4.69) is 20.9 Å². The SMILES string of the molecule is CNC1CCN(CC(=O)NC2CCNCC2)CC1. The highest BCUT2D eigenvalue weighted by Gasteiger charge is 2.21. The Bertz CT molecular complexity index is 258. The predicted octanol–water partition coefficient (Wildman–Crippen LogP) is -0.462. The van der Waals surface area contributed by atoms with Crippen molar-refractivity contribution >= 4 is 5.91 Å². The van der Waals surface area contributed by atoms with Crippen molar-refractivity contribution in [3.8, 4) is 0 Å². The van der Waals surface area contributed by atoms with Gasteiger partial charge in [-0.1, -0.05) is 0 Å². The van der Waals surface area contributed by atoms with Crippen molar-refractivity contribution in [2.45, 2.75) is 37.8 Å². The fourth-order valence-corrected chi connectivity index (χ4v) is 2.82. The zero-order valence-electron chi connectivity index (χ0n) is 11.4. The first-order valence-corrected chi connectivity index (χ1v) is 7.17. The summed E-state index contributed by atoms with van der Waals surface area (Å²) >= 11 is 0. The number of rotatable bonds is 4. The zero-order chi connectivity index (χ0) is 12.8. The Kier molecular flexibility index (Phi) is 5.41. The summed E-state index contributed by atoms with van der Waals surface area (Å²) in [6.07, 6.45) is 4.43. The van der Waals surface area contributed by atoms with Crippen molar-refractivity contribution in [2.75, 3.05) is 39.8 Å². The van der Waals surface area contributed by atoms with E-state index in [0.717, 1.165) is 51.9 Å². The maximum Gasteiger partial charge on any atom is 0.234 e. The molecule has 0 aromatic heterocycles. The van der Waals surface area contributed by atoms with Crippen molar-refractivity contribution in [3.63, 3.8) is 0 Å². The van der Waals surface area contributed by atoms with Gasteiger partial charge in [-0.25, -0.2) is 0 Å². The monoisotopic (exact) mass is 254 g/mol. The Hall–Kier alpha value is -0.650. The highest BCUT2D eigenvalue weighted by Crippen LogP contribution is 2.09. The number of hydrogen-bond acceptors (Lipinski definition) is 4. The van der Waals surface area contributed by atoms with Crippen molar-refractivity contribution in [1.82, 2.24) is 20.9 Å². The largest absolute Gasteiger partial charge is 0.352 e. The van der Waals surface area contributed by atoms with Gasteiger partial charge in [-0.2, -0.15) is 0 Å². The van der Waals surface area contributed by atoms with E-state index in [1.54, 1.807) is 0 Å². The second-order valence-electron chi connectivity index (χ2n) is 5.43. The average Bonchev–Trinajstić information content (AvgIpc) is 2.40. The molecule has 0 spiro atoms. The minimum atomic E-state index is 0.199. The molecule has 1 amide bonds. The van der Waals surface area contributed by atoms with Crippen LogP contribution in [0, 0.1) is 0 Å². The molecule has 18 heavy (non-hydrogen) atoms. The van der Waals surface area contributed by atoms with Crippen LogP contribution in [0.2, 0.25) is 0 Å². The van der Waals surface area contributed by atoms with Gasteiger partial charge in [0.2, 0.25) is 5.91 Å². The lowest BCUT2D eigenvalue weighted by Gasteiger charge is -2.32. The summed E-state index contributed by atoms with van der Waals surface area (Å²) in [5, 5.41) is 9.78. The first kappa shape index (κ1) is 13.8. The lowest BCUT2D eigenvalue weighted by Crippen LogP contribution is -2.49. The van der Waals surface area contributed by atoms with Crippen LogP contribution >= 0.6 is 0 Å². The smallest absolute Gasteiger partial charge is 0.234 e. The van der Waals surface area contributed by atoms with E-state index in [0.29, 0.717) is 18.6 Å². The number of nitrogens with zero attached hydrogens (tertiary/aromatic N) is 1. The number of carbonyl (C=O) groups is 1. The third kappa shape index (κ3) is 4.23. The van der Waals surface area contributed by atoms with Gasteiger partial charge >= 0.3 is 0 Å². The molecule has 0 aromatic carbocycles. The molecule has 2 fully saturated rings. The van der Waals surface area contributed by atoms with E-state index < -0.39 is 0 Å². The Morgan fingerprint density at radius 2 is 1.83 bits per heavy atom. The molecule has 3 N–H and O–H groups in total. The fourth-order valence-electron chi connectivity index (χ4n) is 2.82. The van der Waals surface area contributed by atoms with Gasteiger partial charge in [-0.3, -0.25) is 9.69 Å². The third-order valence-corrected chi connectivity index (χ3v) is 4.07. The molecule has 5 nitrogen and oxygen atoms in total. The Labute approximate surface area is 110 Å². The minimum absolute atomic E-state index is 0.199. The summed E-state index contributed by atoms with van der Waals surface area (Å²) in [6.45, 7) is 4.69.